The number of pyridine rings is 1. The Balaban J connectivity index is 2.55. The molecule has 1 aromatic heterocycles. The van der Waals surface area contributed by atoms with E-state index in [9.17, 15) is 22.4 Å². The molecule has 0 aliphatic rings. The first-order valence-electron chi connectivity index (χ1n) is 5.36. The number of carbonyl (C=O) groups is 1. The van der Waals surface area contributed by atoms with E-state index >= 15 is 0 Å². The van der Waals surface area contributed by atoms with E-state index in [1.54, 1.807) is 0 Å². The van der Waals surface area contributed by atoms with Crippen molar-refractivity contribution in [2.45, 2.75) is 6.18 Å². The van der Waals surface area contributed by atoms with E-state index in [1.807, 2.05) is 0 Å². The molecule has 2 aromatic rings. The fraction of sp³-hybridized carbons (Fsp3) is 0.0769. The molecule has 0 atom stereocenters. The van der Waals surface area contributed by atoms with E-state index in [0.29, 0.717) is 6.07 Å². The fourth-order valence-corrected chi connectivity index (χ4v) is 1.71. The van der Waals surface area contributed by atoms with Crippen LogP contribution in [0.4, 0.5) is 17.6 Å². The molecule has 0 aliphatic carbocycles. The standard InChI is InChI=1S/C13H7F4NO2/c14-9-3-1-2-8(12(19)20)11(9)7-4-5-10(18-6-7)13(15,16)17/h1-6H,(H,19,20). The van der Waals surface area contributed by atoms with Crippen LogP contribution in [0.3, 0.4) is 0 Å². The molecule has 0 saturated heterocycles. The van der Waals surface area contributed by atoms with Gasteiger partial charge in [-0.1, -0.05) is 12.1 Å². The van der Waals surface area contributed by atoms with Crippen LogP contribution in [0, 0.1) is 5.82 Å². The van der Waals surface area contributed by atoms with Crippen LogP contribution in [0.5, 0.6) is 0 Å². The first-order chi connectivity index (χ1) is 9.30. The number of aromatic nitrogens is 1. The molecule has 7 heteroatoms. The van der Waals surface area contributed by atoms with Gasteiger partial charge in [0.25, 0.3) is 0 Å². The Bertz CT molecular complexity index is 650. The zero-order chi connectivity index (χ0) is 14.9. The van der Waals surface area contributed by atoms with Crippen molar-refractivity contribution in [3.8, 4) is 11.1 Å². The minimum Gasteiger partial charge on any atom is -0.478 e. The van der Waals surface area contributed by atoms with Gasteiger partial charge in [0.2, 0.25) is 0 Å². The SMILES string of the molecule is O=C(O)c1cccc(F)c1-c1ccc(C(F)(F)F)nc1. The average Bonchev–Trinajstić information content (AvgIpc) is 2.37. The van der Waals surface area contributed by atoms with Crippen LogP contribution >= 0.6 is 0 Å². The average molecular weight is 285 g/mol. The number of halogens is 4. The molecule has 0 fully saturated rings. The van der Waals surface area contributed by atoms with Crippen molar-refractivity contribution in [2.75, 3.05) is 0 Å². The number of nitrogens with zero attached hydrogens (tertiary/aromatic N) is 1. The third-order valence-electron chi connectivity index (χ3n) is 2.59. The summed E-state index contributed by atoms with van der Waals surface area (Å²) in [5.74, 6) is -2.22. The van der Waals surface area contributed by atoms with E-state index in [4.69, 9.17) is 5.11 Å². The predicted octanol–water partition coefficient (Wildman–Crippen LogP) is 3.60. The Hall–Kier alpha value is -2.44. The van der Waals surface area contributed by atoms with Gasteiger partial charge in [-0.15, -0.1) is 0 Å². The largest absolute Gasteiger partial charge is 0.478 e. The smallest absolute Gasteiger partial charge is 0.433 e. The molecule has 0 bridgehead atoms. The summed E-state index contributed by atoms with van der Waals surface area (Å²) in [4.78, 5) is 14.2. The summed E-state index contributed by atoms with van der Waals surface area (Å²) in [5, 5.41) is 8.97. The number of carboxylic acid groups (broad SMARTS) is 1. The predicted molar refractivity (Wildman–Crippen MR) is 61.6 cm³/mol. The Labute approximate surface area is 110 Å². The molecule has 2 rings (SSSR count). The Kier molecular flexibility index (Phi) is 3.44. The lowest BCUT2D eigenvalue weighted by molar-refractivity contribution is -0.141. The number of hydrogen-bond donors (Lipinski definition) is 1. The second-order valence-electron chi connectivity index (χ2n) is 3.90. The normalized spacial score (nSPS) is 11.4. The Morgan fingerprint density at radius 2 is 1.85 bits per heavy atom. The van der Waals surface area contributed by atoms with Crippen LogP contribution in [0.1, 0.15) is 16.1 Å². The summed E-state index contributed by atoms with van der Waals surface area (Å²) in [6, 6.07) is 5.06. The number of benzene rings is 1. The van der Waals surface area contributed by atoms with Crippen molar-refractivity contribution < 1.29 is 27.5 Å². The van der Waals surface area contributed by atoms with Crippen molar-refractivity contribution >= 4 is 5.97 Å². The lowest BCUT2D eigenvalue weighted by Crippen LogP contribution is -2.08. The van der Waals surface area contributed by atoms with Gasteiger partial charge in [-0.2, -0.15) is 13.2 Å². The molecule has 0 saturated carbocycles. The van der Waals surface area contributed by atoms with E-state index < -0.39 is 23.7 Å². The van der Waals surface area contributed by atoms with Gasteiger partial charge >= 0.3 is 12.1 Å². The van der Waals surface area contributed by atoms with Crippen molar-refractivity contribution in [3.05, 3.63) is 53.6 Å². The zero-order valence-electron chi connectivity index (χ0n) is 9.78. The van der Waals surface area contributed by atoms with Crippen molar-refractivity contribution in [3.63, 3.8) is 0 Å². The lowest BCUT2D eigenvalue weighted by Gasteiger charge is -2.09. The summed E-state index contributed by atoms with van der Waals surface area (Å²) in [5.41, 5.74) is -1.80. The van der Waals surface area contributed by atoms with Crippen LogP contribution in [-0.4, -0.2) is 16.1 Å². The summed E-state index contributed by atoms with van der Waals surface area (Å²) in [7, 11) is 0. The highest BCUT2D eigenvalue weighted by atomic mass is 19.4. The van der Waals surface area contributed by atoms with Crippen molar-refractivity contribution in [2.24, 2.45) is 0 Å². The molecule has 1 N–H and O–H groups in total. The summed E-state index contributed by atoms with van der Waals surface area (Å²) in [6.07, 6.45) is -3.81. The van der Waals surface area contributed by atoms with Gasteiger partial charge in [-0.3, -0.25) is 4.98 Å². The minimum atomic E-state index is -4.61. The molecule has 20 heavy (non-hydrogen) atoms. The molecule has 0 amide bonds. The minimum absolute atomic E-state index is 0.0338. The van der Waals surface area contributed by atoms with Gasteiger partial charge in [0.15, 0.2) is 0 Å². The molecule has 1 heterocycles. The van der Waals surface area contributed by atoms with Crippen LogP contribution in [0.2, 0.25) is 0 Å². The molecular formula is C13H7F4NO2. The first-order valence-corrected chi connectivity index (χ1v) is 5.36. The highest BCUT2D eigenvalue weighted by molar-refractivity contribution is 5.96. The summed E-state index contributed by atoms with van der Waals surface area (Å²) >= 11 is 0. The number of alkyl halides is 3. The van der Waals surface area contributed by atoms with Crippen LogP contribution < -0.4 is 0 Å². The Morgan fingerprint density at radius 3 is 2.35 bits per heavy atom. The molecule has 1 aromatic carbocycles. The van der Waals surface area contributed by atoms with Crippen LogP contribution in [0.25, 0.3) is 11.1 Å². The van der Waals surface area contributed by atoms with Gasteiger partial charge < -0.3 is 5.11 Å². The maximum atomic E-state index is 13.7. The van der Waals surface area contributed by atoms with Gasteiger partial charge in [-0.05, 0) is 18.2 Å². The molecule has 104 valence electrons. The van der Waals surface area contributed by atoms with Gasteiger partial charge in [0.1, 0.15) is 11.5 Å². The molecular weight excluding hydrogens is 278 g/mol. The van der Waals surface area contributed by atoms with Gasteiger partial charge in [0, 0.05) is 17.3 Å². The first kappa shape index (κ1) is 14.0. The number of aromatic carboxylic acids is 1. The third kappa shape index (κ3) is 2.61. The van der Waals surface area contributed by atoms with E-state index in [2.05, 4.69) is 4.98 Å². The van der Waals surface area contributed by atoms with E-state index in [-0.39, 0.29) is 16.7 Å². The van der Waals surface area contributed by atoms with E-state index in [0.717, 1.165) is 18.3 Å². The summed E-state index contributed by atoms with van der Waals surface area (Å²) in [6.45, 7) is 0. The van der Waals surface area contributed by atoms with Crippen molar-refractivity contribution in [1.29, 1.82) is 0 Å². The van der Waals surface area contributed by atoms with Gasteiger partial charge in [-0.25, -0.2) is 9.18 Å². The zero-order valence-corrected chi connectivity index (χ0v) is 9.78. The number of carboxylic acids is 1. The van der Waals surface area contributed by atoms with Crippen LogP contribution in [0.15, 0.2) is 36.5 Å². The number of hydrogen-bond acceptors (Lipinski definition) is 2. The second-order valence-corrected chi connectivity index (χ2v) is 3.90. The molecule has 0 radical (unpaired) electrons. The highest BCUT2D eigenvalue weighted by Gasteiger charge is 2.32. The van der Waals surface area contributed by atoms with E-state index in [1.165, 1.54) is 12.1 Å². The van der Waals surface area contributed by atoms with Crippen LogP contribution in [-0.2, 0) is 6.18 Å². The molecule has 0 aliphatic heterocycles. The second kappa shape index (κ2) is 4.92. The molecule has 3 nitrogen and oxygen atoms in total. The quantitative estimate of drug-likeness (QED) is 0.858. The Morgan fingerprint density at radius 1 is 1.15 bits per heavy atom. The lowest BCUT2D eigenvalue weighted by atomic mass is 10.0. The highest BCUT2D eigenvalue weighted by Crippen LogP contribution is 2.31. The third-order valence-corrected chi connectivity index (χ3v) is 2.59. The fourth-order valence-electron chi connectivity index (χ4n) is 1.71. The maximum absolute atomic E-state index is 13.7. The monoisotopic (exact) mass is 285 g/mol. The number of rotatable bonds is 2. The molecule has 0 unspecified atom stereocenters. The molecule has 0 spiro atoms. The summed E-state index contributed by atoms with van der Waals surface area (Å²) < 4.78 is 50.9. The van der Waals surface area contributed by atoms with Crippen molar-refractivity contribution in [1.82, 2.24) is 4.98 Å². The topological polar surface area (TPSA) is 50.2 Å². The maximum Gasteiger partial charge on any atom is 0.433 e. The van der Waals surface area contributed by atoms with Gasteiger partial charge in [0.05, 0.1) is 5.56 Å².